The summed E-state index contributed by atoms with van der Waals surface area (Å²) in [4.78, 5) is 0. The molecule has 0 aromatic heterocycles. The average Bonchev–Trinajstić information content (AvgIpc) is 2.58. The van der Waals surface area contributed by atoms with Crippen molar-refractivity contribution >= 4 is 18.2 Å². The van der Waals surface area contributed by atoms with Gasteiger partial charge in [0.05, 0.1) is 13.2 Å². The molecular weight excluding hydrogens is 283 g/mol. The van der Waals surface area contributed by atoms with E-state index in [4.69, 9.17) is 9.47 Å². The maximum Gasteiger partial charge on any atom is 0.192 e. The van der Waals surface area contributed by atoms with Crippen LogP contribution in [-0.4, -0.2) is 20.5 Å². The number of hydrogen-bond acceptors (Lipinski definition) is 2. The minimum absolute atomic E-state index is 0.801. The summed E-state index contributed by atoms with van der Waals surface area (Å²) >= 11 is 0. The summed E-state index contributed by atoms with van der Waals surface area (Å²) in [6, 6.07) is 16.8. The molecular formula is C20H27BO2. The van der Waals surface area contributed by atoms with E-state index < -0.39 is 0 Å². The first-order valence-corrected chi connectivity index (χ1v) is 8.75. The normalized spacial score (nSPS) is 10.3. The van der Waals surface area contributed by atoms with Crippen molar-refractivity contribution in [2.75, 3.05) is 13.2 Å². The Kier molecular flexibility index (Phi) is 7.58. The van der Waals surface area contributed by atoms with Crippen molar-refractivity contribution in [2.45, 2.75) is 39.5 Å². The zero-order valence-electron chi connectivity index (χ0n) is 14.4. The molecule has 0 N–H and O–H groups in total. The van der Waals surface area contributed by atoms with Crippen LogP contribution in [0.3, 0.4) is 0 Å². The van der Waals surface area contributed by atoms with E-state index in [0.29, 0.717) is 0 Å². The lowest BCUT2D eigenvalue weighted by molar-refractivity contribution is 0.309. The Morgan fingerprint density at radius 3 is 1.39 bits per heavy atom. The molecule has 0 unspecified atom stereocenters. The first-order valence-electron chi connectivity index (χ1n) is 8.75. The predicted molar refractivity (Wildman–Crippen MR) is 100 cm³/mol. The van der Waals surface area contributed by atoms with Gasteiger partial charge in [-0.3, -0.25) is 0 Å². The lowest BCUT2D eigenvalue weighted by Crippen LogP contribution is -2.26. The summed E-state index contributed by atoms with van der Waals surface area (Å²) in [5.41, 5.74) is 2.60. The van der Waals surface area contributed by atoms with Gasteiger partial charge in [0.15, 0.2) is 7.28 Å². The third-order valence-corrected chi connectivity index (χ3v) is 3.79. The molecule has 0 bridgehead atoms. The van der Waals surface area contributed by atoms with E-state index in [9.17, 15) is 0 Å². The molecule has 0 spiro atoms. The molecule has 0 saturated carbocycles. The molecule has 2 aromatic rings. The third-order valence-electron chi connectivity index (χ3n) is 3.79. The van der Waals surface area contributed by atoms with Gasteiger partial charge in [-0.15, -0.1) is 0 Å². The third kappa shape index (κ3) is 6.39. The van der Waals surface area contributed by atoms with Crippen molar-refractivity contribution in [2.24, 2.45) is 0 Å². The Bertz CT molecular complexity index is 497. The van der Waals surface area contributed by atoms with Crippen molar-refractivity contribution in [3.05, 3.63) is 48.5 Å². The number of benzene rings is 2. The fourth-order valence-corrected chi connectivity index (χ4v) is 2.31. The first-order chi connectivity index (χ1) is 11.3. The summed E-state index contributed by atoms with van der Waals surface area (Å²) in [6.45, 7) is 5.95. The summed E-state index contributed by atoms with van der Waals surface area (Å²) in [5.74, 6) is 1.92. The summed E-state index contributed by atoms with van der Waals surface area (Å²) in [6.07, 6.45) is 4.54. The maximum atomic E-state index is 5.70. The second kappa shape index (κ2) is 9.99. The fourth-order valence-electron chi connectivity index (χ4n) is 2.31. The Morgan fingerprint density at radius 2 is 1.04 bits per heavy atom. The zero-order valence-corrected chi connectivity index (χ0v) is 14.4. The Morgan fingerprint density at radius 1 is 0.652 bits per heavy atom. The van der Waals surface area contributed by atoms with E-state index in [1.165, 1.54) is 10.9 Å². The molecule has 0 aliphatic heterocycles. The van der Waals surface area contributed by atoms with Gasteiger partial charge >= 0.3 is 0 Å². The smallest absolute Gasteiger partial charge is 0.192 e. The molecule has 0 aliphatic rings. The van der Waals surface area contributed by atoms with Crippen molar-refractivity contribution in [3.63, 3.8) is 0 Å². The second-order valence-electron chi connectivity index (χ2n) is 5.87. The van der Waals surface area contributed by atoms with E-state index in [2.05, 4.69) is 62.4 Å². The van der Waals surface area contributed by atoms with Crippen molar-refractivity contribution in [1.29, 1.82) is 0 Å². The van der Waals surface area contributed by atoms with Crippen LogP contribution in [0.2, 0.25) is 0 Å². The molecule has 0 saturated heterocycles. The van der Waals surface area contributed by atoms with Crippen LogP contribution >= 0.6 is 0 Å². The Balaban J connectivity index is 1.84. The molecule has 2 rings (SSSR count). The number of unbranched alkanes of at least 4 members (excludes halogenated alkanes) is 2. The number of rotatable bonds is 10. The predicted octanol–water partition coefficient (Wildman–Crippen LogP) is 3.43. The van der Waals surface area contributed by atoms with E-state index >= 15 is 0 Å². The van der Waals surface area contributed by atoms with Crippen LogP contribution in [0.25, 0.3) is 0 Å². The lowest BCUT2D eigenvalue weighted by Gasteiger charge is -2.07. The van der Waals surface area contributed by atoms with Gasteiger partial charge < -0.3 is 9.47 Å². The van der Waals surface area contributed by atoms with Crippen LogP contribution in [-0.2, 0) is 0 Å². The SMILES string of the molecule is CCCCOc1ccc(Bc2ccc(OCCCC)cc2)cc1. The van der Waals surface area contributed by atoms with Crippen LogP contribution in [0.15, 0.2) is 48.5 Å². The Hall–Kier alpha value is -1.90. The molecule has 0 fully saturated rings. The molecule has 0 heterocycles. The van der Waals surface area contributed by atoms with Crippen LogP contribution in [0.4, 0.5) is 0 Å². The molecule has 3 heteroatoms. The molecule has 122 valence electrons. The highest BCUT2D eigenvalue weighted by Gasteiger charge is 2.01. The highest BCUT2D eigenvalue weighted by Crippen LogP contribution is 2.09. The van der Waals surface area contributed by atoms with Gasteiger partial charge in [-0.25, -0.2) is 0 Å². The van der Waals surface area contributed by atoms with Gasteiger partial charge in [-0.1, -0.05) is 61.9 Å². The fraction of sp³-hybridized carbons (Fsp3) is 0.400. The molecule has 23 heavy (non-hydrogen) atoms. The highest BCUT2D eigenvalue weighted by atomic mass is 16.5. The summed E-state index contributed by atoms with van der Waals surface area (Å²) in [5, 5.41) is 0. The van der Waals surface area contributed by atoms with Gasteiger partial charge in [0.2, 0.25) is 0 Å². The van der Waals surface area contributed by atoms with Crippen LogP contribution in [0, 0.1) is 0 Å². The van der Waals surface area contributed by atoms with Gasteiger partial charge in [0, 0.05) is 0 Å². The van der Waals surface area contributed by atoms with Crippen LogP contribution < -0.4 is 20.4 Å². The van der Waals surface area contributed by atoms with Gasteiger partial charge in [-0.05, 0) is 37.1 Å². The Labute approximate surface area is 141 Å². The number of ether oxygens (including phenoxy) is 2. The van der Waals surface area contributed by atoms with Gasteiger partial charge in [-0.2, -0.15) is 0 Å². The van der Waals surface area contributed by atoms with E-state index in [1.54, 1.807) is 0 Å². The second-order valence-corrected chi connectivity index (χ2v) is 5.87. The van der Waals surface area contributed by atoms with Crippen LogP contribution in [0.5, 0.6) is 11.5 Å². The van der Waals surface area contributed by atoms with Gasteiger partial charge in [0.25, 0.3) is 0 Å². The standard InChI is InChI=1S/C20H27BO2/c1-3-5-15-22-19-11-7-17(8-12-19)21-18-9-13-20(14-10-18)23-16-6-4-2/h7-14,21H,3-6,15-16H2,1-2H3. The quantitative estimate of drug-likeness (QED) is 0.494. The summed E-state index contributed by atoms with van der Waals surface area (Å²) < 4.78 is 11.4. The minimum atomic E-state index is 0.801. The maximum absolute atomic E-state index is 5.70. The lowest BCUT2D eigenvalue weighted by atomic mass is 9.64. The average molecular weight is 310 g/mol. The van der Waals surface area contributed by atoms with Crippen molar-refractivity contribution < 1.29 is 9.47 Å². The summed E-state index contributed by atoms with van der Waals surface area (Å²) in [7, 11) is 0.935. The van der Waals surface area contributed by atoms with E-state index in [1.807, 2.05) is 0 Å². The van der Waals surface area contributed by atoms with Crippen molar-refractivity contribution in [3.8, 4) is 11.5 Å². The number of hydrogen-bond donors (Lipinski definition) is 0. The minimum Gasteiger partial charge on any atom is -0.494 e. The van der Waals surface area contributed by atoms with Crippen LogP contribution in [0.1, 0.15) is 39.5 Å². The molecule has 0 amide bonds. The van der Waals surface area contributed by atoms with Crippen molar-refractivity contribution in [1.82, 2.24) is 0 Å². The first kappa shape index (κ1) is 17.5. The van der Waals surface area contributed by atoms with E-state index in [0.717, 1.165) is 57.7 Å². The molecule has 0 aliphatic carbocycles. The largest absolute Gasteiger partial charge is 0.494 e. The topological polar surface area (TPSA) is 18.5 Å². The highest BCUT2D eigenvalue weighted by molar-refractivity contribution is 6.67. The monoisotopic (exact) mass is 310 g/mol. The molecule has 0 atom stereocenters. The van der Waals surface area contributed by atoms with E-state index in [-0.39, 0.29) is 0 Å². The molecule has 2 aromatic carbocycles. The molecule has 0 radical (unpaired) electrons. The van der Waals surface area contributed by atoms with Gasteiger partial charge in [0.1, 0.15) is 11.5 Å². The molecule has 2 nitrogen and oxygen atoms in total. The zero-order chi connectivity index (χ0) is 16.3.